The van der Waals surface area contributed by atoms with Crippen molar-refractivity contribution >= 4 is 62.3 Å². The first-order valence-corrected chi connectivity index (χ1v) is 9.83. The molecule has 1 atom stereocenters. The Labute approximate surface area is 156 Å². The molecule has 3 nitrogen and oxygen atoms in total. The van der Waals surface area contributed by atoms with Gasteiger partial charge in [-0.3, -0.25) is 9.00 Å². The van der Waals surface area contributed by atoms with Gasteiger partial charge in [-0.05, 0) is 30.3 Å². The zero-order chi connectivity index (χ0) is 17.4. The standard InChI is InChI=1S/C17H12Cl3NO2S/c1-24(23)8-14(22)17-15(16-11(19)3-2-4-12(16)20)10-7-9(18)5-6-13(10)21-17/h2-7,21H,8H2,1H3. The first-order valence-electron chi connectivity index (χ1n) is 6.97. The van der Waals surface area contributed by atoms with Crippen LogP contribution in [-0.2, 0) is 10.8 Å². The van der Waals surface area contributed by atoms with Crippen molar-refractivity contribution in [1.82, 2.24) is 4.98 Å². The molecule has 24 heavy (non-hydrogen) atoms. The van der Waals surface area contributed by atoms with E-state index in [1.807, 2.05) is 0 Å². The number of rotatable bonds is 4. The monoisotopic (exact) mass is 399 g/mol. The maximum atomic E-state index is 12.6. The second-order valence-electron chi connectivity index (χ2n) is 5.30. The quantitative estimate of drug-likeness (QED) is 0.600. The number of aromatic nitrogens is 1. The molecule has 1 unspecified atom stereocenters. The lowest BCUT2D eigenvalue weighted by Gasteiger charge is -2.09. The SMILES string of the molecule is CS(=O)CC(=O)c1[nH]c2ccc(Cl)cc2c1-c1c(Cl)cccc1Cl. The lowest BCUT2D eigenvalue weighted by Crippen LogP contribution is -2.11. The smallest absolute Gasteiger partial charge is 0.192 e. The highest BCUT2D eigenvalue weighted by atomic mass is 35.5. The van der Waals surface area contributed by atoms with Gasteiger partial charge in [0.05, 0.1) is 11.4 Å². The molecule has 0 saturated heterocycles. The summed E-state index contributed by atoms with van der Waals surface area (Å²) < 4.78 is 11.5. The minimum atomic E-state index is -1.26. The van der Waals surface area contributed by atoms with Gasteiger partial charge in [0.2, 0.25) is 0 Å². The van der Waals surface area contributed by atoms with E-state index in [2.05, 4.69) is 4.98 Å². The van der Waals surface area contributed by atoms with E-state index >= 15 is 0 Å². The predicted octanol–water partition coefficient (Wildman–Crippen LogP) is 5.36. The zero-order valence-electron chi connectivity index (χ0n) is 12.5. The molecule has 0 aliphatic heterocycles. The number of H-pyrrole nitrogens is 1. The van der Waals surface area contributed by atoms with Crippen LogP contribution in [-0.4, -0.2) is 27.0 Å². The number of hydrogen-bond donors (Lipinski definition) is 1. The first-order chi connectivity index (χ1) is 11.4. The minimum absolute atomic E-state index is 0.0877. The van der Waals surface area contributed by atoms with Gasteiger partial charge in [0.25, 0.3) is 0 Å². The molecule has 0 bridgehead atoms. The van der Waals surface area contributed by atoms with E-state index in [4.69, 9.17) is 34.8 Å². The number of ketones is 1. The van der Waals surface area contributed by atoms with Crippen LogP contribution in [0.4, 0.5) is 0 Å². The molecule has 1 aromatic heterocycles. The van der Waals surface area contributed by atoms with E-state index in [0.717, 1.165) is 10.9 Å². The molecule has 0 aliphatic rings. The van der Waals surface area contributed by atoms with Crippen molar-refractivity contribution in [2.45, 2.75) is 0 Å². The molecule has 7 heteroatoms. The summed E-state index contributed by atoms with van der Waals surface area (Å²) in [5.74, 6) is -0.357. The number of carbonyl (C=O) groups excluding carboxylic acids is 1. The van der Waals surface area contributed by atoms with Gasteiger partial charge in [-0.2, -0.15) is 0 Å². The van der Waals surface area contributed by atoms with Crippen LogP contribution in [0.2, 0.25) is 15.1 Å². The molecular weight excluding hydrogens is 389 g/mol. The Morgan fingerprint density at radius 2 is 1.75 bits per heavy atom. The highest BCUT2D eigenvalue weighted by Crippen LogP contribution is 2.41. The van der Waals surface area contributed by atoms with Gasteiger partial charge in [-0.15, -0.1) is 0 Å². The van der Waals surface area contributed by atoms with Crippen LogP contribution in [0.5, 0.6) is 0 Å². The number of carbonyl (C=O) groups is 1. The van der Waals surface area contributed by atoms with Crippen molar-refractivity contribution in [3.8, 4) is 11.1 Å². The Hall–Kier alpha value is -1.33. The van der Waals surface area contributed by atoms with Crippen LogP contribution in [0.1, 0.15) is 10.5 Å². The average Bonchev–Trinajstić information content (AvgIpc) is 2.85. The summed E-state index contributed by atoms with van der Waals surface area (Å²) in [5.41, 5.74) is 2.20. The third-order valence-corrected chi connectivity index (χ3v) is 5.12. The lowest BCUT2D eigenvalue weighted by molar-refractivity contribution is 0.101. The predicted molar refractivity (Wildman–Crippen MR) is 102 cm³/mol. The molecule has 1 heterocycles. The highest BCUT2D eigenvalue weighted by Gasteiger charge is 2.23. The van der Waals surface area contributed by atoms with Gasteiger partial charge < -0.3 is 4.98 Å². The number of halogens is 3. The second kappa shape index (κ2) is 6.89. The Bertz CT molecular complexity index is 961. The van der Waals surface area contributed by atoms with E-state index in [1.165, 1.54) is 6.26 Å². The first kappa shape index (κ1) is 17.5. The number of hydrogen-bond acceptors (Lipinski definition) is 2. The van der Waals surface area contributed by atoms with Crippen molar-refractivity contribution < 1.29 is 9.00 Å². The molecule has 0 fully saturated rings. The molecule has 124 valence electrons. The van der Waals surface area contributed by atoms with Crippen molar-refractivity contribution in [3.05, 3.63) is 57.2 Å². The van der Waals surface area contributed by atoms with Gasteiger partial charge in [0.15, 0.2) is 5.78 Å². The summed E-state index contributed by atoms with van der Waals surface area (Å²) in [4.78, 5) is 15.7. The number of fused-ring (bicyclic) bond motifs is 1. The molecule has 0 aliphatic carbocycles. The van der Waals surface area contributed by atoms with Gasteiger partial charge in [-0.25, -0.2) is 0 Å². The van der Waals surface area contributed by atoms with E-state index in [1.54, 1.807) is 36.4 Å². The average molecular weight is 401 g/mol. The summed E-state index contributed by atoms with van der Waals surface area (Å²) in [6, 6.07) is 10.4. The summed E-state index contributed by atoms with van der Waals surface area (Å²) in [6.45, 7) is 0. The van der Waals surface area contributed by atoms with Crippen LogP contribution in [0.15, 0.2) is 36.4 Å². The maximum Gasteiger partial charge on any atom is 0.192 e. The van der Waals surface area contributed by atoms with E-state index in [0.29, 0.717) is 31.9 Å². The fraction of sp³-hybridized carbons (Fsp3) is 0.118. The van der Waals surface area contributed by atoms with E-state index in [9.17, 15) is 9.00 Å². The number of aromatic amines is 1. The molecule has 3 rings (SSSR count). The maximum absolute atomic E-state index is 12.6. The third-order valence-electron chi connectivity index (χ3n) is 3.59. The van der Waals surface area contributed by atoms with Gasteiger partial charge in [0.1, 0.15) is 0 Å². The zero-order valence-corrected chi connectivity index (χ0v) is 15.6. The van der Waals surface area contributed by atoms with Crippen LogP contribution < -0.4 is 0 Å². The second-order valence-corrected chi connectivity index (χ2v) is 7.99. The summed E-state index contributed by atoms with van der Waals surface area (Å²) in [5, 5.41) is 2.12. The Morgan fingerprint density at radius 3 is 2.38 bits per heavy atom. The molecule has 0 amide bonds. The molecule has 2 aromatic carbocycles. The minimum Gasteiger partial charge on any atom is -0.352 e. The van der Waals surface area contributed by atoms with Crippen molar-refractivity contribution in [2.24, 2.45) is 0 Å². The fourth-order valence-electron chi connectivity index (χ4n) is 2.63. The molecule has 1 N–H and O–H groups in total. The van der Waals surface area contributed by atoms with Gasteiger partial charge in [0, 0.05) is 54.2 Å². The lowest BCUT2D eigenvalue weighted by atomic mass is 10.00. The van der Waals surface area contributed by atoms with Crippen molar-refractivity contribution in [3.63, 3.8) is 0 Å². The van der Waals surface area contributed by atoms with E-state index in [-0.39, 0.29) is 11.5 Å². The van der Waals surface area contributed by atoms with Crippen molar-refractivity contribution in [1.29, 1.82) is 0 Å². The van der Waals surface area contributed by atoms with Gasteiger partial charge in [-0.1, -0.05) is 40.9 Å². The van der Waals surface area contributed by atoms with Gasteiger partial charge >= 0.3 is 0 Å². The Kier molecular flexibility index (Phi) is 5.02. The summed E-state index contributed by atoms with van der Waals surface area (Å²) in [6.07, 6.45) is 1.49. The molecule has 0 saturated carbocycles. The number of nitrogens with one attached hydrogen (secondary N) is 1. The topological polar surface area (TPSA) is 49.9 Å². The summed E-state index contributed by atoms with van der Waals surface area (Å²) in [7, 11) is -1.26. The summed E-state index contributed by atoms with van der Waals surface area (Å²) >= 11 is 18.8. The normalized spacial score (nSPS) is 12.5. The molecule has 3 aromatic rings. The number of benzene rings is 2. The Balaban J connectivity index is 2.37. The van der Waals surface area contributed by atoms with Crippen molar-refractivity contribution in [2.75, 3.05) is 12.0 Å². The van der Waals surface area contributed by atoms with Crippen LogP contribution in [0.25, 0.3) is 22.0 Å². The number of Topliss-reactive ketones (excluding diaryl/α,β-unsaturated/α-hetero) is 1. The largest absolute Gasteiger partial charge is 0.352 e. The Morgan fingerprint density at radius 1 is 1.08 bits per heavy atom. The highest BCUT2D eigenvalue weighted by molar-refractivity contribution is 7.85. The van der Waals surface area contributed by atoms with Crippen LogP contribution in [0.3, 0.4) is 0 Å². The van der Waals surface area contributed by atoms with Crippen LogP contribution >= 0.6 is 34.8 Å². The van der Waals surface area contributed by atoms with Crippen LogP contribution in [0, 0.1) is 0 Å². The van der Waals surface area contributed by atoms with E-state index < -0.39 is 10.8 Å². The third kappa shape index (κ3) is 3.24. The molecule has 0 spiro atoms. The molecule has 0 radical (unpaired) electrons. The fourth-order valence-corrected chi connectivity index (χ4v) is 3.90. The molecular formula is C17H12Cl3NO2S.